The van der Waals surface area contributed by atoms with Gasteiger partial charge in [-0.1, -0.05) is 28.5 Å². The van der Waals surface area contributed by atoms with E-state index in [9.17, 15) is 4.79 Å². The summed E-state index contributed by atoms with van der Waals surface area (Å²) in [4.78, 5) is 16.4. The lowest BCUT2D eigenvalue weighted by Gasteiger charge is -2.36. The lowest BCUT2D eigenvalue weighted by atomic mass is 9.70. The molecule has 2 bridgehead atoms. The van der Waals surface area contributed by atoms with E-state index in [4.69, 9.17) is 22.3 Å². The maximum atomic E-state index is 11.5. The number of rotatable bonds is 6. The van der Waals surface area contributed by atoms with Crippen LogP contribution in [0.15, 0.2) is 36.0 Å². The largest absolute Gasteiger partial charge is 0.464 e. The van der Waals surface area contributed by atoms with Crippen LogP contribution in [0.4, 0.5) is 5.69 Å². The zero-order chi connectivity index (χ0) is 22.2. The van der Waals surface area contributed by atoms with Gasteiger partial charge in [0, 0.05) is 33.9 Å². The first-order valence-electron chi connectivity index (χ1n) is 11.1. The first kappa shape index (κ1) is 20.9. The minimum Gasteiger partial charge on any atom is -0.464 e. The topological polar surface area (TPSA) is 95.9 Å². The number of carbonyl (C=O) groups is 1. The van der Waals surface area contributed by atoms with E-state index in [1.54, 1.807) is 10.9 Å². The molecule has 0 saturated heterocycles. The van der Waals surface area contributed by atoms with Gasteiger partial charge in [0.05, 0.1) is 18.8 Å². The van der Waals surface area contributed by atoms with Crippen LogP contribution in [0, 0.1) is 5.92 Å². The predicted molar refractivity (Wildman–Crippen MR) is 124 cm³/mol. The van der Waals surface area contributed by atoms with Crippen LogP contribution in [0.1, 0.15) is 59.8 Å². The zero-order valence-electron chi connectivity index (χ0n) is 18.1. The number of nitrogens with two attached hydrogens (primary N) is 1. The van der Waals surface area contributed by atoms with Gasteiger partial charge in [0.1, 0.15) is 0 Å². The molecule has 32 heavy (non-hydrogen) atoms. The summed E-state index contributed by atoms with van der Waals surface area (Å²) in [6, 6.07) is 5.78. The molecule has 2 atom stereocenters. The van der Waals surface area contributed by atoms with Crippen molar-refractivity contribution in [2.24, 2.45) is 5.92 Å². The van der Waals surface area contributed by atoms with E-state index < -0.39 is 5.97 Å². The van der Waals surface area contributed by atoms with E-state index in [1.807, 2.05) is 18.2 Å². The highest BCUT2D eigenvalue weighted by Gasteiger charge is 2.33. The minimum absolute atomic E-state index is 0.245. The highest BCUT2D eigenvalue weighted by atomic mass is 35.5. The molecule has 0 spiro atoms. The van der Waals surface area contributed by atoms with Crippen molar-refractivity contribution in [3.63, 3.8) is 0 Å². The van der Waals surface area contributed by atoms with Crippen molar-refractivity contribution in [1.82, 2.24) is 20.0 Å². The monoisotopic (exact) mass is 451 g/mol. The number of nitrogen functional groups attached to an aromatic ring is 1. The summed E-state index contributed by atoms with van der Waals surface area (Å²) < 4.78 is 6.38. The SMILES string of the molecule is COC(=O)c1cn(CCCCC2=CC3Cc4nc5cc(Cl)ccc5c(N)c4C(C2)C3)nn1. The number of methoxy groups -OCH3 is 1. The summed E-state index contributed by atoms with van der Waals surface area (Å²) >= 11 is 6.17. The first-order chi connectivity index (χ1) is 15.5. The molecule has 5 rings (SSSR count). The highest BCUT2D eigenvalue weighted by Crippen LogP contribution is 2.47. The fourth-order valence-electron chi connectivity index (χ4n) is 5.20. The van der Waals surface area contributed by atoms with Crippen LogP contribution in [0.2, 0.25) is 5.02 Å². The van der Waals surface area contributed by atoms with Gasteiger partial charge in [0.2, 0.25) is 0 Å². The molecule has 2 N–H and O–H groups in total. The summed E-state index contributed by atoms with van der Waals surface area (Å²) in [5, 5.41) is 9.55. The van der Waals surface area contributed by atoms with Crippen LogP contribution in [0.3, 0.4) is 0 Å². The normalized spacial score (nSPS) is 19.5. The second kappa shape index (κ2) is 8.54. The smallest absolute Gasteiger partial charge is 0.360 e. The molecule has 0 fully saturated rings. The Labute approximate surface area is 191 Å². The second-order valence-electron chi connectivity index (χ2n) is 8.79. The molecule has 8 heteroatoms. The zero-order valence-corrected chi connectivity index (χ0v) is 18.8. The standard InChI is InChI=1S/C24H26ClN5O2/c1-32-24(31)21-13-30(29-28-21)7-3-2-4-14-8-15-10-16(9-14)22-20(11-15)27-19-12-17(25)5-6-18(19)23(22)26/h5-6,8,12-13,15-16H,2-4,7,9-11H2,1H3,(H2,26,27). The van der Waals surface area contributed by atoms with E-state index in [0.29, 0.717) is 16.9 Å². The number of benzene rings is 1. The van der Waals surface area contributed by atoms with E-state index >= 15 is 0 Å². The number of carbonyl (C=O) groups excluding carboxylic acids is 1. The second-order valence-corrected chi connectivity index (χ2v) is 9.23. The van der Waals surface area contributed by atoms with Crippen molar-refractivity contribution < 1.29 is 9.53 Å². The van der Waals surface area contributed by atoms with Crippen molar-refractivity contribution in [3.8, 4) is 0 Å². The van der Waals surface area contributed by atoms with E-state index in [-0.39, 0.29) is 5.69 Å². The molecule has 0 amide bonds. The van der Waals surface area contributed by atoms with Gasteiger partial charge in [0.25, 0.3) is 0 Å². The molecular weight excluding hydrogens is 426 g/mol. The molecule has 3 aromatic rings. The van der Waals surface area contributed by atoms with Crippen LogP contribution in [-0.2, 0) is 17.7 Å². The molecular formula is C24H26ClN5O2. The Morgan fingerprint density at radius 1 is 1.31 bits per heavy atom. The van der Waals surface area contributed by atoms with Crippen molar-refractivity contribution in [3.05, 3.63) is 58.0 Å². The molecule has 0 aliphatic heterocycles. The van der Waals surface area contributed by atoms with Crippen LogP contribution >= 0.6 is 11.6 Å². The molecule has 2 aliphatic rings. The van der Waals surface area contributed by atoms with Crippen LogP contribution in [-0.4, -0.2) is 33.1 Å². The summed E-state index contributed by atoms with van der Waals surface area (Å²) in [7, 11) is 1.34. The van der Waals surface area contributed by atoms with E-state index in [2.05, 4.69) is 21.1 Å². The molecule has 0 radical (unpaired) electrons. The molecule has 2 unspecified atom stereocenters. The Morgan fingerprint density at radius 3 is 3.03 bits per heavy atom. The van der Waals surface area contributed by atoms with E-state index in [0.717, 1.165) is 67.4 Å². The Balaban J connectivity index is 1.24. The molecule has 2 aromatic heterocycles. The third kappa shape index (κ3) is 3.97. The van der Waals surface area contributed by atoms with Crippen molar-refractivity contribution in [2.75, 3.05) is 12.8 Å². The van der Waals surface area contributed by atoms with Gasteiger partial charge in [-0.3, -0.25) is 9.67 Å². The Kier molecular flexibility index (Phi) is 5.59. The van der Waals surface area contributed by atoms with Crippen LogP contribution < -0.4 is 5.73 Å². The number of allylic oxidation sites excluding steroid dienone is 2. The number of hydrogen-bond donors (Lipinski definition) is 1. The molecule has 2 heterocycles. The third-order valence-electron chi connectivity index (χ3n) is 6.61. The number of pyridine rings is 1. The summed E-state index contributed by atoms with van der Waals surface area (Å²) in [6.45, 7) is 0.735. The van der Waals surface area contributed by atoms with Gasteiger partial charge in [-0.25, -0.2) is 4.79 Å². The number of hydrogen-bond acceptors (Lipinski definition) is 6. The summed E-state index contributed by atoms with van der Waals surface area (Å²) in [6.07, 6.45) is 10.3. The number of halogens is 1. The van der Waals surface area contributed by atoms with Gasteiger partial charge >= 0.3 is 5.97 Å². The average Bonchev–Trinajstić information content (AvgIpc) is 3.24. The fourth-order valence-corrected chi connectivity index (χ4v) is 5.37. The molecule has 1 aromatic carbocycles. The first-order valence-corrected chi connectivity index (χ1v) is 11.4. The summed E-state index contributed by atoms with van der Waals surface area (Å²) in [5.41, 5.74) is 12.6. The number of esters is 1. The van der Waals surface area contributed by atoms with Crippen LogP contribution in [0.25, 0.3) is 10.9 Å². The van der Waals surface area contributed by atoms with Crippen molar-refractivity contribution in [1.29, 1.82) is 0 Å². The van der Waals surface area contributed by atoms with Gasteiger partial charge < -0.3 is 10.5 Å². The average molecular weight is 452 g/mol. The number of anilines is 1. The quantitative estimate of drug-likeness (QED) is 0.331. The summed E-state index contributed by atoms with van der Waals surface area (Å²) in [5.74, 6) is 0.507. The van der Waals surface area contributed by atoms with Gasteiger partial charge in [-0.05, 0) is 68.6 Å². The molecule has 166 valence electrons. The Morgan fingerprint density at radius 2 is 2.19 bits per heavy atom. The number of fused-ring (bicyclic) bond motifs is 5. The van der Waals surface area contributed by atoms with Crippen molar-refractivity contribution >= 4 is 34.2 Å². The maximum absolute atomic E-state index is 11.5. The third-order valence-corrected chi connectivity index (χ3v) is 6.84. The van der Waals surface area contributed by atoms with E-state index in [1.165, 1.54) is 18.2 Å². The number of unbranched alkanes of at least 4 members (excludes halogenated alkanes) is 1. The fraction of sp³-hybridized carbons (Fsp3) is 0.417. The minimum atomic E-state index is -0.458. The number of aryl methyl sites for hydroxylation is 1. The Bertz CT molecular complexity index is 1220. The predicted octanol–water partition coefficient (Wildman–Crippen LogP) is 4.70. The number of ether oxygens (including phenoxy) is 1. The highest BCUT2D eigenvalue weighted by molar-refractivity contribution is 6.31. The van der Waals surface area contributed by atoms with Crippen LogP contribution in [0.5, 0.6) is 0 Å². The number of aromatic nitrogens is 4. The lowest BCUT2D eigenvalue weighted by molar-refractivity contribution is 0.0594. The van der Waals surface area contributed by atoms with Gasteiger partial charge in [-0.15, -0.1) is 5.10 Å². The van der Waals surface area contributed by atoms with Crippen molar-refractivity contribution in [2.45, 2.75) is 51.0 Å². The lowest BCUT2D eigenvalue weighted by Crippen LogP contribution is -2.24. The Hall–Kier alpha value is -2.93. The maximum Gasteiger partial charge on any atom is 0.360 e. The van der Waals surface area contributed by atoms with Gasteiger partial charge in [0.15, 0.2) is 5.69 Å². The van der Waals surface area contributed by atoms with Gasteiger partial charge in [-0.2, -0.15) is 0 Å². The molecule has 2 aliphatic carbocycles. The molecule has 0 saturated carbocycles. The number of nitrogens with zero attached hydrogens (tertiary/aromatic N) is 4. The molecule has 7 nitrogen and oxygen atoms in total.